The Morgan fingerprint density at radius 1 is 1.43 bits per heavy atom. The van der Waals surface area contributed by atoms with Gasteiger partial charge in [0.25, 0.3) is 0 Å². The first kappa shape index (κ1) is 17.4. The maximum Gasteiger partial charge on any atom is 0.327 e. The number of hydrogen-bond acceptors (Lipinski definition) is 5. The van der Waals surface area contributed by atoms with E-state index in [-0.39, 0.29) is 12.4 Å². The highest BCUT2D eigenvalue weighted by Gasteiger charge is 2.22. The first-order valence-electron chi connectivity index (χ1n) is 6.87. The van der Waals surface area contributed by atoms with E-state index in [1.807, 2.05) is 19.0 Å². The van der Waals surface area contributed by atoms with Crippen LogP contribution in [0.2, 0.25) is 0 Å². The van der Waals surface area contributed by atoms with Crippen LogP contribution >= 0.6 is 0 Å². The SMILES string of the molecule is CCOC(=O)C(NCCN(C)C)c1ccc(OC)c(F)c1. The average molecular weight is 298 g/mol. The number of nitrogens with one attached hydrogen (secondary N) is 1. The molecule has 0 aromatic heterocycles. The molecule has 0 fully saturated rings. The highest BCUT2D eigenvalue weighted by atomic mass is 19.1. The first-order chi connectivity index (χ1) is 9.99. The van der Waals surface area contributed by atoms with Crippen LogP contribution in [0.1, 0.15) is 18.5 Å². The van der Waals surface area contributed by atoms with Crippen LogP contribution in [0.15, 0.2) is 18.2 Å². The molecular weight excluding hydrogens is 275 g/mol. The summed E-state index contributed by atoms with van der Waals surface area (Å²) in [5, 5.41) is 3.09. The minimum Gasteiger partial charge on any atom is -0.494 e. The normalized spacial score (nSPS) is 12.3. The molecule has 6 heteroatoms. The van der Waals surface area contributed by atoms with E-state index in [1.54, 1.807) is 13.0 Å². The van der Waals surface area contributed by atoms with Crippen LogP contribution in [-0.2, 0) is 9.53 Å². The number of halogens is 1. The number of methoxy groups -OCH3 is 1. The fourth-order valence-electron chi connectivity index (χ4n) is 1.86. The molecule has 0 heterocycles. The summed E-state index contributed by atoms with van der Waals surface area (Å²) in [7, 11) is 5.28. The van der Waals surface area contributed by atoms with Crippen molar-refractivity contribution in [3.63, 3.8) is 0 Å². The molecule has 1 atom stereocenters. The number of nitrogens with zero attached hydrogens (tertiary/aromatic N) is 1. The topological polar surface area (TPSA) is 50.8 Å². The number of carbonyl (C=O) groups is 1. The van der Waals surface area contributed by atoms with Crippen molar-refractivity contribution < 1.29 is 18.7 Å². The van der Waals surface area contributed by atoms with Gasteiger partial charge < -0.3 is 14.4 Å². The highest BCUT2D eigenvalue weighted by molar-refractivity contribution is 5.77. The molecule has 0 aliphatic heterocycles. The maximum absolute atomic E-state index is 13.8. The van der Waals surface area contributed by atoms with E-state index in [2.05, 4.69) is 5.32 Å². The van der Waals surface area contributed by atoms with Gasteiger partial charge in [0.05, 0.1) is 13.7 Å². The van der Waals surface area contributed by atoms with Gasteiger partial charge in [-0.25, -0.2) is 9.18 Å². The van der Waals surface area contributed by atoms with Crippen molar-refractivity contribution in [2.75, 3.05) is 40.9 Å². The second kappa shape index (κ2) is 8.59. The quantitative estimate of drug-likeness (QED) is 0.739. The summed E-state index contributed by atoms with van der Waals surface area (Å²) in [5.74, 6) is -0.769. The van der Waals surface area contributed by atoms with E-state index in [1.165, 1.54) is 19.2 Å². The zero-order chi connectivity index (χ0) is 15.8. The molecule has 0 spiro atoms. The summed E-state index contributed by atoms with van der Waals surface area (Å²) in [4.78, 5) is 14.0. The summed E-state index contributed by atoms with van der Waals surface area (Å²) in [6.07, 6.45) is 0. The second-order valence-electron chi connectivity index (χ2n) is 4.84. The Labute approximate surface area is 125 Å². The van der Waals surface area contributed by atoms with Crippen molar-refractivity contribution in [3.05, 3.63) is 29.6 Å². The van der Waals surface area contributed by atoms with Crippen LogP contribution in [0.4, 0.5) is 4.39 Å². The molecule has 0 saturated carbocycles. The van der Waals surface area contributed by atoms with E-state index in [0.29, 0.717) is 12.1 Å². The largest absolute Gasteiger partial charge is 0.494 e. The van der Waals surface area contributed by atoms with Gasteiger partial charge in [-0.05, 0) is 38.7 Å². The van der Waals surface area contributed by atoms with Crippen LogP contribution in [-0.4, -0.2) is 51.8 Å². The van der Waals surface area contributed by atoms with E-state index < -0.39 is 17.8 Å². The molecule has 21 heavy (non-hydrogen) atoms. The lowest BCUT2D eigenvalue weighted by Gasteiger charge is -2.19. The van der Waals surface area contributed by atoms with E-state index in [9.17, 15) is 9.18 Å². The van der Waals surface area contributed by atoms with E-state index in [0.717, 1.165) is 6.54 Å². The van der Waals surface area contributed by atoms with Crippen molar-refractivity contribution in [1.29, 1.82) is 0 Å². The zero-order valence-corrected chi connectivity index (χ0v) is 13.0. The third-order valence-electron chi connectivity index (χ3n) is 2.94. The molecule has 0 saturated heterocycles. The molecule has 1 N–H and O–H groups in total. The van der Waals surface area contributed by atoms with Gasteiger partial charge in [0.15, 0.2) is 11.6 Å². The standard InChI is InChI=1S/C15H23FN2O3/c1-5-21-15(19)14(17-8-9-18(2)3)11-6-7-13(20-4)12(16)10-11/h6-7,10,14,17H,5,8-9H2,1-4H3. The second-order valence-corrected chi connectivity index (χ2v) is 4.84. The molecule has 0 aliphatic rings. The molecule has 1 aromatic carbocycles. The number of hydrogen-bond donors (Lipinski definition) is 1. The van der Waals surface area contributed by atoms with Gasteiger partial charge in [0, 0.05) is 13.1 Å². The summed E-state index contributed by atoms with van der Waals surface area (Å²) < 4.78 is 23.7. The molecule has 0 aliphatic carbocycles. The molecule has 1 aromatic rings. The van der Waals surface area contributed by atoms with Gasteiger partial charge >= 0.3 is 5.97 Å². The molecular formula is C15H23FN2O3. The van der Waals surface area contributed by atoms with E-state index >= 15 is 0 Å². The number of likely N-dealkylation sites (N-methyl/N-ethyl adjacent to an activating group) is 1. The van der Waals surface area contributed by atoms with Gasteiger partial charge in [-0.15, -0.1) is 0 Å². The summed E-state index contributed by atoms with van der Waals surface area (Å²) >= 11 is 0. The minimum atomic E-state index is -0.690. The Hall–Kier alpha value is -1.66. The number of ether oxygens (including phenoxy) is 2. The lowest BCUT2D eigenvalue weighted by Crippen LogP contribution is -2.35. The molecule has 1 rings (SSSR count). The third-order valence-corrected chi connectivity index (χ3v) is 2.94. The summed E-state index contributed by atoms with van der Waals surface area (Å²) in [6, 6.07) is 3.77. The summed E-state index contributed by atoms with van der Waals surface area (Å²) in [6.45, 7) is 3.37. The molecule has 0 radical (unpaired) electrons. The molecule has 118 valence electrons. The monoisotopic (exact) mass is 298 g/mol. The number of rotatable bonds is 8. The Morgan fingerprint density at radius 2 is 2.14 bits per heavy atom. The lowest BCUT2D eigenvalue weighted by atomic mass is 10.1. The van der Waals surface area contributed by atoms with Crippen molar-refractivity contribution in [3.8, 4) is 5.75 Å². The van der Waals surface area contributed by atoms with Gasteiger partial charge in [0.2, 0.25) is 0 Å². The van der Waals surface area contributed by atoms with Crippen LogP contribution < -0.4 is 10.1 Å². The number of benzene rings is 1. The number of carbonyl (C=O) groups excluding carboxylic acids is 1. The first-order valence-corrected chi connectivity index (χ1v) is 6.87. The Kier molecular flexibility index (Phi) is 7.11. The Morgan fingerprint density at radius 3 is 2.67 bits per heavy atom. The van der Waals surface area contributed by atoms with Crippen molar-refractivity contribution in [1.82, 2.24) is 10.2 Å². The van der Waals surface area contributed by atoms with Gasteiger partial charge in [-0.1, -0.05) is 6.07 Å². The fraction of sp³-hybridized carbons (Fsp3) is 0.533. The molecule has 1 unspecified atom stereocenters. The van der Waals surface area contributed by atoms with Gasteiger partial charge in [-0.3, -0.25) is 5.32 Å². The molecule has 0 amide bonds. The van der Waals surface area contributed by atoms with Gasteiger partial charge in [0.1, 0.15) is 6.04 Å². The molecule has 5 nitrogen and oxygen atoms in total. The summed E-state index contributed by atoms with van der Waals surface area (Å²) in [5.41, 5.74) is 0.519. The van der Waals surface area contributed by atoms with Gasteiger partial charge in [-0.2, -0.15) is 0 Å². The smallest absolute Gasteiger partial charge is 0.327 e. The minimum absolute atomic E-state index is 0.148. The Balaban J connectivity index is 2.89. The predicted octanol–water partition coefficient (Wildman–Crippen LogP) is 1.59. The lowest BCUT2D eigenvalue weighted by molar-refractivity contribution is -0.145. The van der Waals surface area contributed by atoms with Crippen molar-refractivity contribution in [2.24, 2.45) is 0 Å². The predicted molar refractivity (Wildman–Crippen MR) is 78.9 cm³/mol. The highest BCUT2D eigenvalue weighted by Crippen LogP contribution is 2.22. The van der Waals surface area contributed by atoms with Crippen LogP contribution in [0.5, 0.6) is 5.75 Å². The average Bonchev–Trinajstić information content (AvgIpc) is 2.43. The third kappa shape index (κ3) is 5.32. The number of esters is 1. The van der Waals surface area contributed by atoms with Crippen LogP contribution in [0, 0.1) is 5.82 Å². The maximum atomic E-state index is 13.8. The molecule has 0 bridgehead atoms. The van der Waals surface area contributed by atoms with Crippen molar-refractivity contribution >= 4 is 5.97 Å². The fourth-order valence-corrected chi connectivity index (χ4v) is 1.86. The van der Waals surface area contributed by atoms with Crippen LogP contribution in [0.25, 0.3) is 0 Å². The Bertz CT molecular complexity index is 466. The van der Waals surface area contributed by atoms with Crippen molar-refractivity contribution in [2.45, 2.75) is 13.0 Å². The zero-order valence-electron chi connectivity index (χ0n) is 13.0. The van der Waals surface area contributed by atoms with Crippen LogP contribution in [0.3, 0.4) is 0 Å². The van der Waals surface area contributed by atoms with E-state index in [4.69, 9.17) is 9.47 Å².